The summed E-state index contributed by atoms with van der Waals surface area (Å²) in [5.74, 6) is 8.45. The molecule has 0 heterocycles. The molecule has 9 aliphatic rings. The van der Waals surface area contributed by atoms with Crippen molar-refractivity contribution in [2.24, 2.45) is 58.2 Å². The van der Waals surface area contributed by atoms with Crippen LogP contribution in [0.2, 0.25) is 0 Å². The number of hydrogen-bond donors (Lipinski definition) is 0. The highest BCUT2D eigenvalue weighted by Gasteiger charge is 2.70. The summed E-state index contributed by atoms with van der Waals surface area (Å²) in [7, 11) is 3.98. The molecule has 0 amide bonds. The molecule has 0 aliphatic heterocycles. The van der Waals surface area contributed by atoms with Gasteiger partial charge in [-0.1, -0.05) is 62.3 Å². The van der Waals surface area contributed by atoms with E-state index in [-0.39, 0.29) is 7.92 Å². The summed E-state index contributed by atoms with van der Waals surface area (Å²) in [5.41, 5.74) is 1.31. The molecule has 1 unspecified atom stereocenters. The molecule has 2 heteroatoms. The van der Waals surface area contributed by atoms with Gasteiger partial charge in [0.25, 0.3) is 0 Å². The third kappa shape index (κ3) is 4.23. The molecule has 0 aromatic carbocycles. The van der Waals surface area contributed by atoms with Gasteiger partial charge in [0.1, 0.15) is 0 Å². The van der Waals surface area contributed by atoms with Crippen LogP contribution in [0.15, 0.2) is 0 Å². The van der Waals surface area contributed by atoms with Gasteiger partial charge < -0.3 is 0 Å². The molecule has 0 aromatic rings. The lowest BCUT2D eigenvalue weighted by Gasteiger charge is -2.74. The van der Waals surface area contributed by atoms with Crippen LogP contribution < -0.4 is 0 Å². The maximum Gasteiger partial charge on any atom is -0.000640 e. The topological polar surface area (TPSA) is 0 Å². The molecule has 9 fully saturated rings. The van der Waals surface area contributed by atoms with Crippen molar-refractivity contribution in [1.29, 1.82) is 0 Å². The second kappa shape index (κ2) is 9.18. The van der Waals surface area contributed by atoms with E-state index in [2.05, 4.69) is 50.8 Å². The minimum absolute atomic E-state index is 0.0150. The maximum absolute atomic E-state index is 4.00. The van der Waals surface area contributed by atoms with E-state index in [0.717, 1.165) is 47.3 Å². The van der Waals surface area contributed by atoms with E-state index in [9.17, 15) is 0 Å². The Bertz CT molecular complexity index is 773. The predicted molar refractivity (Wildman–Crippen MR) is 170 cm³/mol. The van der Waals surface area contributed by atoms with Crippen LogP contribution in [-0.2, 0) is 0 Å². The summed E-state index contributed by atoms with van der Waals surface area (Å²) in [6, 6.07) is 0. The van der Waals surface area contributed by atoms with Gasteiger partial charge in [-0.15, -0.1) is 9.24 Å². The Balaban J connectivity index is 1.33. The molecule has 216 valence electrons. The van der Waals surface area contributed by atoms with Crippen LogP contribution in [-0.4, -0.2) is 21.6 Å². The van der Waals surface area contributed by atoms with Gasteiger partial charge in [0.15, 0.2) is 0 Å². The lowest BCUT2D eigenvalue weighted by molar-refractivity contribution is -0.178. The van der Waals surface area contributed by atoms with E-state index in [1.807, 2.05) is 0 Å². The van der Waals surface area contributed by atoms with Gasteiger partial charge in [-0.2, -0.15) is 0 Å². The van der Waals surface area contributed by atoms with Crippen LogP contribution >= 0.6 is 17.2 Å². The van der Waals surface area contributed by atoms with Crippen LogP contribution in [0, 0.1) is 58.2 Å². The first-order valence-corrected chi connectivity index (χ1v) is 19.5. The summed E-state index contributed by atoms with van der Waals surface area (Å²) in [4.78, 5) is 0. The molecule has 0 spiro atoms. The SMILES string of the molecule is CC(C)(C)P(C[C@H]1CCCC[C@H]1C(P)(C12CC3CC(CC(C3)C1)C2)C12CC3CC(CC(C3)C1)C2)C(C)(C)C. The standard InChI is InChI=1S/C36H62P2/c1-32(2,3)38(33(4,5)6)23-30-9-7-8-10-31(30)36(37,34-17-24-11-25(18-34)13-26(12-24)19-34)35-20-27-14-28(21-35)16-29(15-27)22-35/h24-31H,7-23,37H2,1-6H3/t24?,25?,26?,27?,28?,29?,30-,31-,34?,35?,36?/m1/s1. The summed E-state index contributed by atoms with van der Waals surface area (Å²) < 4.78 is 0. The monoisotopic (exact) mass is 556 g/mol. The first-order chi connectivity index (χ1) is 17.8. The van der Waals surface area contributed by atoms with E-state index in [0.29, 0.717) is 26.3 Å². The molecule has 0 radical (unpaired) electrons. The van der Waals surface area contributed by atoms with Crippen LogP contribution in [0.5, 0.6) is 0 Å². The minimum Gasteiger partial charge on any atom is -0.130 e. The average Bonchev–Trinajstić information content (AvgIpc) is 2.79. The smallest absolute Gasteiger partial charge is 0.000640 e. The van der Waals surface area contributed by atoms with E-state index in [1.54, 1.807) is 96.1 Å². The molecule has 0 aromatic heterocycles. The van der Waals surface area contributed by atoms with Gasteiger partial charge >= 0.3 is 0 Å². The van der Waals surface area contributed by atoms with Gasteiger partial charge in [-0.3, -0.25) is 0 Å². The quantitative estimate of drug-likeness (QED) is 0.295. The maximum atomic E-state index is 4.00. The van der Waals surface area contributed by atoms with Gasteiger partial charge in [0.05, 0.1) is 0 Å². The molecule has 3 atom stereocenters. The van der Waals surface area contributed by atoms with Crippen molar-refractivity contribution in [3.05, 3.63) is 0 Å². The van der Waals surface area contributed by atoms with Crippen LogP contribution in [0.1, 0.15) is 144 Å². The Hall–Kier alpha value is 0.860. The van der Waals surface area contributed by atoms with Crippen LogP contribution in [0.3, 0.4) is 0 Å². The molecule has 9 saturated carbocycles. The normalized spacial score (nSPS) is 49.6. The zero-order chi connectivity index (χ0) is 26.7. The third-order valence-corrected chi connectivity index (χ3v) is 20.1. The van der Waals surface area contributed by atoms with Gasteiger partial charge in [-0.05, 0) is 170 Å². The lowest BCUT2D eigenvalue weighted by Crippen LogP contribution is -2.69. The second-order valence-corrected chi connectivity index (χ2v) is 23.7. The molecule has 9 rings (SSSR count). The predicted octanol–water partition coefficient (Wildman–Crippen LogP) is 10.9. The van der Waals surface area contributed by atoms with Crippen molar-refractivity contribution in [1.82, 2.24) is 0 Å². The Kier molecular flexibility index (Phi) is 6.69. The second-order valence-electron chi connectivity index (χ2n) is 18.9. The van der Waals surface area contributed by atoms with E-state index < -0.39 is 0 Å². The van der Waals surface area contributed by atoms with Gasteiger partial charge in [0.2, 0.25) is 0 Å². The van der Waals surface area contributed by atoms with Crippen molar-refractivity contribution in [3.8, 4) is 0 Å². The zero-order valence-electron chi connectivity index (χ0n) is 26.2. The zero-order valence-corrected chi connectivity index (χ0v) is 28.2. The largest absolute Gasteiger partial charge is 0.130 e. The summed E-state index contributed by atoms with van der Waals surface area (Å²) in [6.07, 6.45) is 27.1. The molecule has 0 N–H and O–H groups in total. The Morgan fingerprint density at radius 2 is 0.921 bits per heavy atom. The fraction of sp³-hybridized carbons (Fsp3) is 1.00. The fourth-order valence-corrected chi connectivity index (χ4v) is 19.6. The first-order valence-electron chi connectivity index (χ1n) is 17.4. The van der Waals surface area contributed by atoms with E-state index >= 15 is 0 Å². The third-order valence-electron chi connectivity index (χ3n) is 14.4. The van der Waals surface area contributed by atoms with Gasteiger partial charge in [0, 0.05) is 0 Å². The Morgan fingerprint density at radius 1 is 0.579 bits per heavy atom. The summed E-state index contributed by atoms with van der Waals surface area (Å²) >= 11 is 0. The molecule has 38 heavy (non-hydrogen) atoms. The fourth-order valence-electron chi connectivity index (χ4n) is 14.4. The molecule has 9 aliphatic carbocycles. The van der Waals surface area contributed by atoms with Crippen LogP contribution in [0.25, 0.3) is 0 Å². The lowest BCUT2D eigenvalue weighted by atomic mass is 9.35. The average molecular weight is 557 g/mol. The molecular formula is C36H62P2. The molecule has 0 nitrogen and oxygen atoms in total. The van der Waals surface area contributed by atoms with Crippen molar-refractivity contribution in [2.75, 3.05) is 6.16 Å². The van der Waals surface area contributed by atoms with Gasteiger partial charge in [-0.25, -0.2) is 0 Å². The molecular weight excluding hydrogens is 494 g/mol. The number of rotatable bonds is 5. The van der Waals surface area contributed by atoms with Crippen molar-refractivity contribution >= 4 is 17.2 Å². The number of hydrogen-bond acceptors (Lipinski definition) is 0. The summed E-state index contributed by atoms with van der Waals surface area (Å²) in [6.45, 7) is 15.5. The van der Waals surface area contributed by atoms with Crippen LogP contribution in [0.4, 0.5) is 0 Å². The summed E-state index contributed by atoms with van der Waals surface area (Å²) in [5, 5.41) is 1.44. The van der Waals surface area contributed by atoms with E-state index in [1.165, 1.54) is 12.8 Å². The highest BCUT2D eigenvalue weighted by Crippen LogP contribution is 2.78. The highest BCUT2D eigenvalue weighted by molar-refractivity contribution is 7.60. The minimum atomic E-state index is -0.0150. The first kappa shape index (κ1) is 27.7. The Labute approximate surface area is 240 Å². The van der Waals surface area contributed by atoms with Crippen molar-refractivity contribution in [2.45, 2.75) is 160 Å². The highest BCUT2D eigenvalue weighted by atomic mass is 31.1. The van der Waals surface area contributed by atoms with Crippen molar-refractivity contribution in [3.63, 3.8) is 0 Å². The Morgan fingerprint density at radius 3 is 1.26 bits per heavy atom. The van der Waals surface area contributed by atoms with Crippen molar-refractivity contribution < 1.29 is 0 Å². The molecule has 0 saturated heterocycles. The van der Waals surface area contributed by atoms with E-state index in [4.69, 9.17) is 0 Å². The molecule has 8 bridgehead atoms.